The molecule has 2 aromatic heterocycles. The lowest BCUT2D eigenvalue weighted by atomic mass is 10.1. The van der Waals surface area contributed by atoms with Crippen LogP contribution in [0.4, 0.5) is 13.2 Å². The molecule has 5 aromatic rings. The molecule has 1 N–H and O–H groups in total. The summed E-state index contributed by atoms with van der Waals surface area (Å²) in [6.45, 7) is -0.614. The lowest BCUT2D eigenvalue weighted by Crippen LogP contribution is -2.30. The molecule has 0 radical (unpaired) electrons. The molecular weight excluding hydrogens is 493 g/mol. The highest BCUT2D eigenvalue weighted by Gasteiger charge is 2.31. The number of alkyl halides is 3. The van der Waals surface area contributed by atoms with Gasteiger partial charge in [-0.15, -0.1) is 0 Å². The van der Waals surface area contributed by atoms with E-state index >= 15 is 0 Å². The minimum Gasteiger partial charge on any atom is -0.309 e. The molecule has 0 aliphatic carbocycles. The van der Waals surface area contributed by atoms with Gasteiger partial charge in [0, 0.05) is 28.9 Å². The van der Waals surface area contributed by atoms with Crippen LogP contribution in [0, 0.1) is 0 Å². The number of fused-ring (bicyclic) bond motifs is 1. The quantitative estimate of drug-likeness (QED) is 0.236. The van der Waals surface area contributed by atoms with Gasteiger partial charge in [-0.2, -0.15) is 18.3 Å². The molecule has 1 amide bonds. The molecule has 0 aliphatic rings. The second-order valence-corrected chi connectivity index (χ2v) is 8.49. The Morgan fingerprint density at radius 1 is 0.868 bits per heavy atom. The number of amides is 1. The zero-order valence-electron chi connectivity index (χ0n) is 19.9. The summed E-state index contributed by atoms with van der Waals surface area (Å²) in [6, 6.07) is 28.8. The molecule has 6 nitrogen and oxygen atoms in total. The van der Waals surface area contributed by atoms with Crippen molar-refractivity contribution in [2.24, 2.45) is 5.10 Å². The van der Waals surface area contributed by atoms with Gasteiger partial charge in [0.2, 0.25) is 0 Å². The van der Waals surface area contributed by atoms with E-state index in [0.29, 0.717) is 16.8 Å². The van der Waals surface area contributed by atoms with Crippen molar-refractivity contribution in [2.75, 3.05) is 0 Å². The SMILES string of the molecule is O=C(Cn1cc(C(F)(F)F)ccc1=O)NN=Cc1c(-c2ccccc2)n(-c2ccccc2)c2ccccc12. The molecule has 0 aliphatic heterocycles. The molecule has 0 fully saturated rings. The van der Waals surface area contributed by atoms with E-state index in [1.165, 1.54) is 6.21 Å². The van der Waals surface area contributed by atoms with Crippen molar-refractivity contribution in [3.8, 4) is 16.9 Å². The third kappa shape index (κ3) is 4.99. The van der Waals surface area contributed by atoms with Crippen LogP contribution < -0.4 is 11.0 Å². The summed E-state index contributed by atoms with van der Waals surface area (Å²) in [6.07, 6.45) is -2.51. The number of rotatable bonds is 6. The number of nitrogens with zero attached hydrogens (tertiary/aromatic N) is 3. The third-order valence-electron chi connectivity index (χ3n) is 5.98. The van der Waals surface area contributed by atoms with E-state index < -0.39 is 29.8 Å². The van der Waals surface area contributed by atoms with Crippen molar-refractivity contribution in [2.45, 2.75) is 12.7 Å². The van der Waals surface area contributed by atoms with E-state index in [4.69, 9.17) is 0 Å². The zero-order valence-corrected chi connectivity index (χ0v) is 19.9. The molecule has 0 saturated heterocycles. The number of halogens is 3. The Bertz CT molecular complexity index is 1690. The first-order valence-electron chi connectivity index (χ1n) is 11.7. The normalized spacial score (nSPS) is 11.8. The molecule has 190 valence electrons. The van der Waals surface area contributed by atoms with Crippen molar-refractivity contribution in [3.63, 3.8) is 0 Å². The van der Waals surface area contributed by atoms with Gasteiger partial charge in [0.05, 0.1) is 23.0 Å². The summed E-state index contributed by atoms with van der Waals surface area (Å²) in [7, 11) is 0. The van der Waals surface area contributed by atoms with Gasteiger partial charge < -0.3 is 9.13 Å². The molecule has 38 heavy (non-hydrogen) atoms. The third-order valence-corrected chi connectivity index (χ3v) is 5.98. The van der Waals surface area contributed by atoms with Gasteiger partial charge in [-0.25, -0.2) is 5.43 Å². The van der Waals surface area contributed by atoms with E-state index in [-0.39, 0.29) is 0 Å². The van der Waals surface area contributed by atoms with Crippen molar-refractivity contribution < 1.29 is 18.0 Å². The molecule has 0 spiro atoms. The second kappa shape index (κ2) is 10.2. The van der Waals surface area contributed by atoms with Crippen LogP contribution in [0.3, 0.4) is 0 Å². The van der Waals surface area contributed by atoms with Gasteiger partial charge in [0.25, 0.3) is 11.5 Å². The van der Waals surface area contributed by atoms with Crippen LogP contribution in [0.25, 0.3) is 27.8 Å². The number of carbonyl (C=O) groups excluding carboxylic acids is 1. The highest BCUT2D eigenvalue weighted by molar-refractivity contribution is 6.07. The average Bonchev–Trinajstić information content (AvgIpc) is 3.24. The Morgan fingerprint density at radius 2 is 1.53 bits per heavy atom. The summed E-state index contributed by atoms with van der Waals surface area (Å²) < 4.78 is 41.9. The topological polar surface area (TPSA) is 68.4 Å². The fraction of sp³-hybridized carbons (Fsp3) is 0.0690. The number of hydrazone groups is 1. The maximum Gasteiger partial charge on any atom is 0.417 e. The van der Waals surface area contributed by atoms with Gasteiger partial charge >= 0.3 is 6.18 Å². The van der Waals surface area contributed by atoms with Crippen LogP contribution in [0.15, 0.2) is 113 Å². The number of para-hydroxylation sites is 2. The zero-order chi connectivity index (χ0) is 26.7. The summed E-state index contributed by atoms with van der Waals surface area (Å²) >= 11 is 0. The number of hydrogen-bond acceptors (Lipinski definition) is 3. The maximum atomic E-state index is 13.0. The highest BCUT2D eigenvalue weighted by Crippen LogP contribution is 2.35. The van der Waals surface area contributed by atoms with Crippen LogP contribution >= 0.6 is 0 Å². The highest BCUT2D eigenvalue weighted by atomic mass is 19.4. The van der Waals surface area contributed by atoms with Crippen molar-refractivity contribution in [1.82, 2.24) is 14.6 Å². The summed E-state index contributed by atoms with van der Waals surface area (Å²) in [5.74, 6) is -0.740. The summed E-state index contributed by atoms with van der Waals surface area (Å²) in [5.41, 5.74) is 4.98. The monoisotopic (exact) mass is 514 g/mol. The Kier molecular flexibility index (Phi) is 6.66. The molecule has 5 rings (SSSR count). The number of carbonyl (C=O) groups is 1. The fourth-order valence-corrected chi connectivity index (χ4v) is 4.30. The Balaban J connectivity index is 1.51. The molecule has 3 aromatic carbocycles. The summed E-state index contributed by atoms with van der Waals surface area (Å²) in [4.78, 5) is 24.5. The Morgan fingerprint density at radius 3 is 2.24 bits per heavy atom. The molecule has 0 bridgehead atoms. The van der Waals surface area contributed by atoms with Crippen molar-refractivity contribution in [1.29, 1.82) is 0 Å². The lowest BCUT2D eigenvalue weighted by molar-refractivity contribution is -0.138. The minimum absolute atomic E-state index is 0.614. The lowest BCUT2D eigenvalue weighted by Gasteiger charge is -2.12. The van der Waals surface area contributed by atoms with E-state index in [1.54, 1.807) is 0 Å². The summed E-state index contributed by atoms with van der Waals surface area (Å²) in [5, 5.41) is 5.00. The van der Waals surface area contributed by atoms with Gasteiger partial charge in [-0.1, -0.05) is 66.7 Å². The smallest absolute Gasteiger partial charge is 0.309 e. The minimum atomic E-state index is -4.63. The number of aromatic nitrogens is 2. The predicted molar refractivity (Wildman–Crippen MR) is 140 cm³/mol. The Hall–Kier alpha value is -4.92. The van der Waals surface area contributed by atoms with E-state index in [9.17, 15) is 22.8 Å². The Labute approximate surface area is 215 Å². The van der Waals surface area contributed by atoms with E-state index in [2.05, 4.69) is 15.1 Å². The fourth-order valence-electron chi connectivity index (χ4n) is 4.30. The van der Waals surface area contributed by atoms with Gasteiger partial charge in [-0.05, 0) is 29.8 Å². The average molecular weight is 515 g/mol. The molecule has 0 saturated carbocycles. The van der Waals surface area contributed by atoms with Gasteiger partial charge in [-0.3, -0.25) is 9.59 Å². The first-order chi connectivity index (χ1) is 18.3. The number of nitrogens with one attached hydrogen (secondary N) is 1. The van der Waals surface area contributed by atoms with Crippen LogP contribution in [0.2, 0.25) is 0 Å². The van der Waals surface area contributed by atoms with Crippen LogP contribution in [-0.2, 0) is 17.5 Å². The van der Waals surface area contributed by atoms with Crippen LogP contribution in [-0.4, -0.2) is 21.3 Å². The van der Waals surface area contributed by atoms with Crippen LogP contribution in [0.1, 0.15) is 11.1 Å². The standard InChI is InChI=1S/C29H21F3N4O2/c30-29(31,32)21-15-16-27(38)35(18-21)19-26(37)34-33-17-24-23-13-7-8-14-25(23)36(22-11-5-2-6-12-22)28(24)20-9-3-1-4-10-20/h1-18H,19H2,(H,34,37). The molecule has 0 unspecified atom stereocenters. The second-order valence-electron chi connectivity index (χ2n) is 8.49. The number of pyridine rings is 1. The number of hydrogen-bond donors (Lipinski definition) is 1. The van der Waals surface area contributed by atoms with Gasteiger partial charge in [0.1, 0.15) is 6.54 Å². The first kappa shape index (κ1) is 24.8. The molecular formula is C29H21F3N4O2. The van der Waals surface area contributed by atoms with E-state index in [1.807, 2.05) is 84.9 Å². The molecule has 0 atom stereocenters. The first-order valence-corrected chi connectivity index (χ1v) is 11.7. The maximum absolute atomic E-state index is 13.0. The van der Waals surface area contributed by atoms with E-state index in [0.717, 1.165) is 39.5 Å². The molecule has 9 heteroatoms. The van der Waals surface area contributed by atoms with Gasteiger partial charge in [0.15, 0.2) is 0 Å². The number of benzene rings is 3. The van der Waals surface area contributed by atoms with Crippen molar-refractivity contribution in [3.05, 3.63) is 125 Å². The largest absolute Gasteiger partial charge is 0.417 e. The predicted octanol–water partition coefficient (Wildman–Crippen LogP) is 5.63. The van der Waals surface area contributed by atoms with Crippen LogP contribution in [0.5, 0.6) is 0 Å². The van der Waals surface area contributed by atoms with Crippen molar-refractivity contribution >= 4 is 23.0 Å². The molecule has 2 heterocycles.